The van der Waals surface area contributed by atoms with Crippen molar-refractivity contribution in [2.45, 2.75) is 18.6 Å². The van der Waals surface area contributed by atoms with Gasteiger partial charge < -0.3 is 15.2 Å². The average molecular weight is 409 g/mol. The predicted octanol–water partition coefficient (Wildman–Crippen LogP) is 1.71. The van der Waals surface area contributed by atoms with Crippen LogP contribution in [0.3, 0.4) is 0 Å². The van der Waals surface area contributed by atoms with Gasteiger partial charge in [-0.1, -0.05) is 12.1 Å². The number of carbonyl (C=O) groups excluding carboxylic acids is 3. The molecule has 2 atom stereocenters. The lowest BCUT2D eigenvalue weighted by Crippen LogP contribution is -2.43. The number of hydrogen-bond donors (Lipinski definition) is 2. The number of amides is 3. The van der Waals surface area contributed by atoms with Gasteiger partial charge >= 0.3 is 0 Å². The molecule has 2 fully saturated rings. The highest BCUT2D eigenvalue weighted by Crippen LogP contribution is 2.32. The maximum absolute atomic E-state index is 12.5. The molecule has 2 aliphatic rings. The lowest BCUT2D eigenvalue weighted by atomic mass is 10.2. The van der Waals surface area contributed by atoms with E-state index in [1.807, 2.05) is 6.07 Å². The SMILES string of the molecule is COc1cccc(C=C2SC(=O)N(CCC(=O)N[C@@H]3CSC[C@@H]3O)C2=O)c1. The van der Waals surface area contributed by atoms with Crippen LogP contribution < -0.4 is 10.1 Å². The Morgan fingerprint density at radius 2 is 2.22 bits per heavy atom. The molecule has 0 aliphatic carbocycles. The zero-order valence-electron chi connectivity index (χ0n) is 14.7. The summed E-state index contributed by atoms with van der Waals surface area (Å²) in [5, 5.41) is 12.1. The van der Waals surface area contributed by atoms with Crippen LogP contribution in [0, 0.1) is 0 Å². The summed E-state index contributed by atoms with van der Waals surface area (Å²) in [6.45, 7) is 0.0158. The molecule has 1 aromatic rings. The van der Waals surface area contributed by atoms with E-state index in [4.69, 9.17) is 4.74 Å². The Morgan fingerprint density at radius 1 is 1.41 bits per heavy atom. The summed E-state index contributed by atoms with van der Waals surface area (Å²) in [6, 6.07) is 6.91. The third-order valence-corrected chi connectivity index (χ3v) is 6.30. The molecule has 2 heterocycles. The summed E-state index contributed by atoms with van der Waals surface area (Å²) in [5.41, 5.74) is 0.755. The largest absolute Gasteiger partial charge is 0.497 e. The standard InChI is InChI=1S/C18H20N2O5S2/c1-25-12-4-2-3-11(7-12)8-15-17(23)20(18(24)27-15)6-5-16(22)19-13-9-26-10-14(13)21/h2-4,7-8,13-14,21H,5-6,9-10H2,1H3,(H,19,22)/t13-,14+/m1/s1. The average Bonchev–Trinajstić information content (AvgIpc) is 3.16. The van der Waals surface area contributed by atoms with E-state index in [-0.39, 0.29) is 24.9 Å². The van der Waals surface area contributed by atoms with E-state index in [1.54, 1.807) is 43.1 Å². The lowest BCUT2D eigenvalue weighted by Gasteiger charge is -2.17. The maximum atomic E-state index is 12.5. The van der Waals surface area contributed by atoms with Crippen molar-refractivity contribution in [1.82, 2.24) is 10.2 Å². The molecule has 2 saturated heterocycles. The van der Waals surface area contributed by atoms with Gasteiger partial charge in [-0.15, -0.1) is 0 Å². The van der Waals surface area contributed by atoms with Crippen LogP contribution in [0.15, 0.2) is 29.2 Å². The van der Waals surface area contributed by atoms with Crippen LogP contribution in [0.5, 0.6) is 5.75 Å². The van der Waals surface area contributed by atoms with Crippen LogP contribution >= 0.6 is 23.5 Å². The van der Waals surface area contributed by atoms with Crippen LogP contribution in [0.1, 0.15) is 12.0 Å². The van der Waals surface area contributed by atoms with Crippen LogP contribution in [0.2, 0.25) is 0 Å². The number of aliphatic hydroxyl groups is 1. The molecule has 3 amide bonds. The maximum Gasteiger partial charge on any atom is 0.293 e. The number of nitrogens with zero attached hydrogens (tertiary/aromatic N) is 1. The molecule has 0 bridgehead atoms. The third kappa shape index (κ3) is 4.85. The van der Waals surface area contributed by atoms with Crippen LogP contribution in [-0.4, -0.2) is 64.4 Å². The van der Waals surface area contributed by atoms with Crippen molar-refractivity contribution >= 4 is 46.7 Å². The number of rotatable bonds is 6. The van der Waals surface area contributed by atoms with Crippen molar-refractivity contribution in [3.8, 4) is 5.75 Å². The summed E-state index contributed by atoms with van der Waals surface area (Å²) in [5.74, 6) is 1.24. The first kappa shape index (κ1) is 19.8. The predicted molar refractivity (Wildman–Crippen MR) is 106 cm³/mol. The van der Waals surface area contributed by atoms with E-state index < -0.39 is 17.3 Å². The fourth-order valence-corrected chi connectivity index (χ4v) is 4.78. The van der Waals surface area contributed by atoms with E-state index in [1.165, 1.54) is 0 Å². The minimum Gasteiger partial charge on any atom is -0.497 e. The second-order valence-corrected chi connectivity index (χ2v) is 8.21. The highest BCUT2D eigenvalue weighted by molar-refractivity contribution is 8.18. The number of imide groups is 1. The van der Waals surface area contributed by atoms with Gasteiger partial charge in [-0.3, -0.25) is 19.3 Å². The highest BCUT2D eigenvalue weighted by atomic mass is 32.2. The molecule has 0 radical (unpaired) electrons. The first-order chi connectivity index (χ1) is 13.0. The molecule has 0 spiro atoms. The van der Waals surface area contributed by atoms with Gasteiger partial charge in [0.25, 0.3) is 11.1 Å². The van der Waals surface area contributed by atoms with Crippen molar-refractivity contribution in [2.75, 3.05) is 25.2 Å². The van der Waals surface area contributed by atoms with Gasteiger partial charge in [-0.2, -0.15) is 11.8 Å². The number of carbonyl (C=O) groups is 3. The first-order valence-electron chi connectivity index (χ1n) is 8.42. The Balaban J connectivity index is 1.58. The topological polar surface area (TPSA) is 95.9 Å². The zero-order chi connectivity index (χ0) is 19.4. The molecule has 144 valence electrons. The third-order valence-electron chi connectivity index (χ3n) is 4.22. The summed E-state index contributed by atoms with van der Waals surface area (Å²) in [6.07, 6.45) is 1.10. The first-order valence-corrected chi connectivity index (χ1v) is 10.4. The Morgan fingerprint density at radius 3 is 2.93 bits per heavy atom. The number of nitrogens with one attached hydrogen (secondary N) is 1. The van der Waals surface area contributed by atoms with E-state index in [2.05, 4.69) is 5.32 Å². The van der Waals surface area contributed by atoms with Gasteiger partial charge in [0.05, 0.1) is 24.2 Å². The van der Waals surface area contributed by atoms with Gasteiger partial charge in [0, 0.05) is 24.5 Å². The van der Waals surface area contributed by atoms with Crippen molar-refractivity contribution in [2.24, 2.45) is 0 Å². The molecule has 9 heteroatoms. The van der Waals surface area contributed by atoms with Crippen molar-refractivity contribution in [3.05, 3.63) is 34.7 Å². The number of benzene rings is 1. The quantitative estimate of drug-likeness (QED) is 0.692. The highest BCUT2D eigenvalue weighted by Gasteiger charge is 2.35. The van der Waals surface area contributed by atoms with Crippen LogP contribution in [0.4, 0.5) is 4.79 Å². The number of ether oxygens (including phenoxy) is 1. The summed E-state index contributed by atoms with van der Waals surface area (Å²) in [4.78, 5) is 38.1. The molecule has 3 rings (SSSR count). The Labute approximate surface area is 165 Å². The summed E-state index contributed by atoms with van der Waals surface area (Å²) in [7, 11) is 1.56. The van der Waals surface area contributed by atoms with E-state index in [0.29, 0.717) is 22.2 Å². The van der Waals surface area contributed by atoms with Gasteiger partial charge in [0.2, 0.25) is 5.91 Å². The van der Waals surface area contributed by atoms with E-state index in [9.17, 15) is 19.5 Å². The lowest BCUT2D eigenvalue weighted by molar-refractivity contribution is -0.124. The van der Waals surface area contributed by atoms with Gasteiger partial charge in [-0.25, -0.2) is 0 Å². The normalized spacial score (nSPS) is 23.9. The van der Waals surface area contributed by atoms with E-state index in [0.717, 1.165) is 22.2 Å². The molecule has 0 saturated carbocycles. The molecule has 0 unspecified atom stereocenters. The minimum atomic E-state index is -0.554. The number of hydrogen-bond acceptors (Lipinski definition) is 7. The van der Waals surface area contributed by atoms with Crippen molar-refractivity contribution < 1.29 is 24.2 Å². The fourth-order valence-electron chi connectivity index (χ4n) is 2.75. The number of methoxy groups -OCH3 is 1. The molecular formula is C18H20N2O5S2. The Bertz CT molecular complexity index is 783. The second kappa shape index (κ2) is 8.81. The summed E-state index contributed by atoms with van der Waals surface area (Å²) < 4.78 is 5.15. The second-order valence-electron chi connectivity index (χ2n) is 6.14. The van der Waals surface area contributed by atoms with E-state index >= 15 is 0 Å². The summed E-state index contributed by atoms with van der Waals surface area (Å²) >= 11 is 2.43. The molecule has 7 nitrogen and oxygen atoms in total. The van der Waals surface area contributed by atoms with Crippen LogP contribution in [0.25, 0.3) is 6.08 Å². The fraction of sp³-hybridized carbons (Fsp3) is 0.389. The zero-order valence-corrected chi connectivity index (χ0v) is 16.3. The van der Waals surface area contributed by atoms with Gasteiger partial charge in [0.1, 0.15) is 5.75 Å². The molecule has 1 aromatic carbocycles. The Hall–Kier alpha value is -1.97. The monoisotopic (exact) mass is 408 g/mol. The molecule has 2 N–H and O–H groups in total. The van der Waals surface area contributed by atoms with Crippen LogP contribution in [-0.2, 0) is 9.59 Å². The van der Waals surface area contributed by atoms with Crippen molar-refractivity contribution in [3.63, 3.8) is 0 Å². The molecule has 2 aliphatic heterocycles. The molecule has 0 aromatic heterocycles. The number of aliphatic hydroxyl groups excluding tert-OH is 1. The Kier molecular flexibility index (Phi) is 6.46. The van der Waals surface area contributed by atoms with Gasteiger partial charge in [-0.05, 0) is 35.5 Å². The number of thioether (sulfide) groups is 2. The molecule has 27 heavy (non-hydrogen) atoms. The van der Waals surface area contributed by atoms with Crippen molar-refractivity contribution in [1.29, 1.82) is 0 Å². The smallest absolute Gasteiger partial charge is 0.293 e. The van der Waals surface area contributed by atoms with Gasteiger partial charge in [0.15, 0.2) is 0 Å². The minimum absolute atomic E-state index is 0.0123. The molecular weight excluding hydrogens is 388 g/mol.